The standard InChI is InChI=1S/C30H31N5O7S/c1-39-19-11-13-21(40-2)20(15-19)35(30(38)27-24(31)25(28(32)36)34-43-27)26(18-10-12-22(41-3)23(14-18)42-4)29(37)33-16-17-8-6-5-7-9-17/h5-15,26H,16,31H2,1-4H3,(H2,32,36)(H,33,37). The summed E-state index contributed by atoms with van der Waals surface area (Å²) in [6.07, 6.45) is 0. The molecular weight excluding hydrogens is 574 g/mol. The second-order valence-corrected chi connectivity index (χ2v) is 9.84. The van der Waals surface area contributed by atoms with Crippen molar-refractivity contribution in [3.05, 3.63) is 88.4 Å². The van der Waals surface area contributed by atoms with Crippen LogP contribution in [0.15, 0.2) is 66.7 Å². The summed E-state index contributed by atoms with van der Waals surface area (Å²) in [6.45, 7) is 0.176. The fourth-order valence-electron chi connectivity index (χ4n) is 4.41. The van der Waals surface area contributed by atoms with Gasteiger partial charge in [-0.05, 0) is 46.9 Å². The summed E-state index contributed by atoms with van der Waals surface area (Å²) >= 11 is 0.692. The number of hydrogen-bond acceptors (Lipinski definition) is 10. The molecule has 224 valence electrons. The quantitative estimate of drug-likeness (QED) is 0.219. The number of rotatable bonds is 12. The van der Waals surface area contributed by atoms with Gasteiger partial charge in [-0.2, -0.15) is 4.37 Å². The van der Waals surface area contributed by atoms with Gasteiger partial charge in [-0.1, -0.05) is 36.4 Å². The fraction of sp³-hybridized carbons (Fsp3) is 0.200. The van der Waals surface area contributed by atoms with Crippen molar-refractivity contribution in [2.75, 3.05) is 39.1 Å². The highest BCUT2D eigenvalue weighted by atomic mass is 32.1. The smallest absolute Gasteiger partial charge is 0.273 e. The Labute approximate surface area is 252 Å². The number of nitrogens with one attached hydrogen (secondary N) is 1. The third kappa shape index (κ3) is 6.46. The van der Waals surface area contributed by atoms with Gasteiger partial charge in [-0.15, -0.1) is 0 Å². The Morgan fingerprint density at radius 1 is 0.884 bits per heavy atom. The van der Waals surface area contributed by atoms with Gasteiger partial charge >= 0.3 is 0 Å². The van der Waals surface area contributed by atoms with Crippen LogP contribution in [0.3, 0.4) is 0 Å². The van der Waals surface area contributed by atoms with E-state index in [1.807, 2.05) is 30.3 Å². The van der Waals surface area contributed by atoms with Gasteiger partial charge in [0.15, 0.2) is 17.2 Å². The van der Waals surface area contributed by atoms with E-state index in [0.717, 1.165) is 5.56 Å². The highest BCUT2D eigenvalue weighted by Gasteiger charge is 2.38. The van der Waals surface area contributed by atoms with Crippen LogP contribution in [0.5, 0.6) is 23.0 Å². The first kappa shape index (κ1) is 30.7. The second-order valence-electron chi connectivity index (χ2n) is 9.07. The molecule has 12 nitrogen and oxygen atoms in total. The lowest BCUT2D eigenvalue weighted by atomic mass is 10.0. The van der Waals surface area contributed by atoms with Gasteiger partial charge in [0, 0.05) is 12.6 Å². The molecular formula is C30H31N5O7S. The van der Waals surface area contributed by atoms with Gasteiger partial charge in [0.25, 0.3) is 11.8 Å². The third-order valence-corrected chi connectivity index (χ3v) is 7.41. The van der Waals surface area contributed by atoms with Crippen LogP contribution in [-0.4, -0.2) is 50.5 Å². The molecule has 1 unspecified atom stereocenters. The molecule has 1 aromatic heterocycles. The van der Waals surface area contributed by atoms with Crippen molar-refractivity contribution in [3.63, 3.8) is 0 Å². The fourth-order valence-corrected chi connectivity index (χ4v) is 5.15. The summed E-state index contributed by atoms with van der Waals surface area (Å²) in [7, 11) is 5.85. The first-order chi connectivity index (χ1) is 20.7. The average Bonchev–Trinajstić information content (AvgIpc) is 3.43. The van der Waals surface area contributed by atoms with E-state index in [2.05, 4.69) is 9.69 Å². The minimum atomic E-state index is -1.31. The molecule has 0 bridgehead atoms. The van der Waals surface area contributed by atoms with E-state index in [1.165, 1.54) is 33.3 Å². The molecule has 4 rings (SSSR count). The number of anilines is 2. The molecule has 13 heteroatoms. The highest BCUT2D eigenvalue weighted by molar-refractivity contribution is 7.09. The van der Waals surface area contributed by atoms with Crippen LogP contribution < -0.4 is 40.6 Å². The topological polar surface area (TPSA) is 168 Å². The van der Waals surface area contributed by atoms with Crippen LogP contribution in [0.2, 0.25) is 0 Å². The van der Waals surface area contributed by atoms with Crippen molar-refractivity contribution in [2.45, 2.75) is 12.6 Å². The molecule has 0 saturated carbocycles. The van der Waals surface area contributed by atoms with Crippen molar-refractivity contribution in [1.29, 1.82) is 0 Å². The minimum Gasteiger partial charge on any atom is -0.497 e. The number of ether oxygens (including phenoxy) is 4. The largest absolute Gasteiger partial charge is 0.497 e. The molecule has 3 amide bonds. The summed E-state index contributed by atoms with van der Waals surface area (Å²) in [5, 5.41) is 2.93. The first-order valence-corrected chi connectivity index (χ1v) is 13.6. The Morgan fingerprint density at radius 2 is 1.56 bits per heavy atom. The van der Waals surface area contributed by atoms with Gasteiger partial charge in [-0.25, -0.2) is 0 Å². The Hall–Kier alpha value is -5.30. The maximum atomic E-state index is 14.5. The number of methoxy groups -OCH3 is 4. The summed E-state index contributed by atoms with van der Waals surface area (Å²) in [4.78, 5) is 41.7. The predicted octanol–water partition coefficient (Wildman–Crippen LogP) is 3.56. The third-order valence-electron chi connectivity index (χ3n) is 6.56. The van der Waals surface area contributed by atoms with Crippen LogP contribution in [0.25, 0.3) is 0 Å². The lowest BCUT2D eigenvalue weighted by Crippen LogP contribution is -2.44. The van der Waals surface area contributed by atoms with E-state index in [4.69, 9.17) is 30.4 Å². The number of carbonyl (C=O) groups is 3. The van der Waals surface area contributed by atoms with Gasteiger partial charge in [-0.3, -0.25) is 19.3 Å². The van der Waals surface area contributed by atoms with Crippen LogP contribution >= 0.6 is 11.5 Å². The second kappa shape index (κ2) is 13.6. The maximum absolute atomic E-state index is 14.5. The zero-order chi connectivity index (χ0) is 31.1. The number of hydrogen-bond donors (Lipinski definition) is 3. The minimum absolute atomic E-state index is 0.0972. The number of carbonyl (C=O) groups excluding carboxylic acids is 3. The first-order valence-electron chi connectivity index (χ1n) is 12.9. The van der Waals surface area contributed by atoms with Crippen molar-refractivity contribution in [3.8, 4) is 23.0 Å². The van der Waals surface area contributed by atoms with Crippen LogP contribution in [0.1, 0.15) is 37.3 Å². The Morgan fingerprint density at radius 3 is 2.16 bits per heavy atom. The average molecular weight is 606 g/mol. The number of nitrogen functional groups attached to an aromatic ring is 1. The van der Waals surface area contributed by atoms with Crippen molar-refractivity contribution in [2.24, 2.45) is 5.73 Å². The molecule has 43 heavy (non-hydrogen) atoms. The van der Waals surface area contributed by atoms with E-state index in [9.17, 15) is 14.4 Å². The SMILES string of the molecule is COc1ccc(OC)c(N(C(=O)c2snc(C(N)=O)c2N)C(C(=O)NCc2ccccc2)c2ccc(OC)c(OC)c2)c1. The van der Waals surface area contributed by atoms with Crippen molar-refractivity contribution < 1.29 is 33.3 Å². The number of benzene rings is 3. The van der Waals surface area contributed by atoms with E-state index in [-0.39, 0.29) is 34.2 Å². The molecule has 0 aliphatic rings. The number of aromatic nitrogens is 1. The Kier molecular flexibility index (Phi) is 9.68. The molecule has 0 radical (unpaired) electrons. The van der Waals surface area contributed by atoms with Crippen molar-refractivity contribution in [1.82, 2.24) is 9.69 Å². The summed E-state index contributed by atoms with van der Waals surface area (Å²) < 4.78 is 26.0. The molecule has 3 aromatic carbocycles. The molecule has 0 spiro atoms. The molecule has 1 heterocycles. The zero-order valence-electron chi connectivity index (χ0n) is 24.0. The number of nitrogens with two attached hydrogens (primary N) is 2. The van der Waals surface area contributed by atoms with Gasteiger partial charge in [0.05, 0.1) is 39.8 Å². The Bertz CT molecular complexity index is 1630. The molecule has 0 saturated heterocycles. The maximum Gasteiger partial charge on any atom is 0.273 e. The summed E-state index contributed by atoms with van der Waals surface area (Å²) in [5.74, 6) is -0.761. The van der Waals surface area contributed by atoms with Gasteiger partial charge in [0.1, 0.15) is 22.4 Å². The number of amides is 3. The van der Waals surface area contributed by atoms with E-state index in [1.54, 1.807) is 36.4 Å². The number of primary amides is 1. The molecule has 5 N–H and O–H groups in total. The van der Waals surface area contributed by atoms with Crippen LogP contribution in [-0.2, 0) is 11.3 Å². The van der Waals surface area contributed by atoms with Gasteiger partial charge in [0.2, 0.25) is 5.91 Å². The lowest BCUT2D eigenvalue weighted by Gasteiger charge is -2.32. The molecule has 0 aliphatic heterocycles. The Balaban J connectivity index is 1.96. The van der Waals surface area contributed by atoms with Crippen LogP contribution in [0.4, 0.5) is 11.4 Å². The lowest BCUT2D eigenvalue weighted by molar-refractivity contribution is -0.122. The van der Waals surface area contributed by atoms with Crippen molar-refractivity contribution >= 4 is 40.6 Å². The predicted molar refractivity (Wildman–Crippen MR) is 162 cm³/mol. The summed E-state index contributed by atoms with van der Waals surface area (Å²) in [6, 6.07) is 17.7. The van der Waals surface area contributed by atoms with E-state index < -0.39 is 23.8 Å². The molecule has 4 aromatic rings. The molecule has 0 fully saturated rings. The van der Waals surface area contributed by atoms with Gasteiger partial charge < -0.3 is 35.7 Å². The zero-order valence-corrected chi connectivity index (χ0v) is 24.8. The van der Waals surface area contributed by atoms with Crippen LogP contribution in [0, 0.1) is 0 Å². The van der Waals surface area contributed by atoms with E-state index >= 15 is 0 Å². The molecule has 1 atom stereocenters. The van der Waals surface area contributed by atoms with E-state index in [0.29, 0.717) is 34.3 Å². The summed E-state index contributed by atoms with van der Waals surface area (Å²) in [5.41, 5.74) is 12.6. The highest BCUT2D eigenvalue weighted by Crippen LogP contribution is 2.41. The molecule has 0 aliphatic carbocycles. The number of nitrogens with zero attached hydrogens (tertiary/aromatic N) is 2. The monoisotopic (exact) mass is 605 g/mol. The normalized spacial score (nSPS) is 11.3.